The van der Waals surface area contributed by atoms with Crippen molar-refractivity contribution in [2.45, 2.75) is 31.3 Å². The highest BCUT2D eigenvalue weighted by Crippen LogP contribution is 2.36. The fourth-order valence-electron chi connectivity index (χ4n) is 3.94. The van der Waals surface area contributed by atoms with E-state index in [1.54, 1.807) is 14.9 Å². The Balaban J connectivity index is 1.49. The molecular weight excluding hydrogens is 314 g/mol. The Labute approximate surface area is 137 Å². The number of nitrogens with zero attached hydrogens (tertiary/aromatic N) is 3. The molecule has 1 aromatic rings. The normalized spacial score (nSPS) is 30.6. The van der Waals surface area contributed by atoms with Crippen molar-refractivity contribution in [3.8, 4) is 0 Å². The third-order valence-corrected chi connectivity index (χ3v) is 7.20. The molecule has 0 unspecified atom stereocenters. The second-order valence-corrected chi connectivity index (χ2v) is 8.40. The van der Waals surface area contributed by atoms with E-state index in [0.29, 0.717) is 25.7 Å². The van der Waals surface area contributed by atoms with Crippen molar-refractivity contribution in [2.24, 2.45) is 0 Å². The maximum absolute atomic E-state index is 13.1. The van der Waals surface area contributed by atoms with Gasteiger partial charge in [-0.25, -0.2) is 0 Å². The monoisotopic (exact) mass is 337 g/mol. The van der Waals surface area contributed by atoms with Crippen LogP contribution in [0.1, 0.15) is 31.1 Å². The molecule has 6 nitrogen and oxygen atoms in total. The summed E-state index contributed by atoms with van der Waals surface area (Å²) < 4.78 is 34.9. The summed E-state index contributed by atoms with van der Waals surface area (Å²) in [5, 5.41) is 0. The summed E-state index contributed by atoms with van der Waals surface area (Å²) in [7, 11) is -3.42. The van der Waals surface area contributed by atoms with E-state index in [1.165, 1.54) is 0 Å². The van der Waals surface area contributed by atoms with Gasteiger partial charge < -0.3 is 4.42 Å². The minimum absolute atomic E-state index is 0.150. The first-order chi connectivity index (χ1) is 11.2. The summed E-state index contributed by atoms with van der Waals surface area (Å²) in [5.74, 6) is 0.755. The number of hydrogen-bond donors (Lipinski definition) is 0. The Morgan fingerprint density at radius 2 is 1.96 bits per heavy atom. The summed E-state index contributed by atoms with van der Waals surface area (Å²) in [5.41, 5.74) is 0. The molecule has 126 valence electrons. The van der Waals surface area contributed by atoms with Crippen LogP contribution < -0.4 is 0 Å². The first-order valence-corrected chi connectivity index (χ1v) is 9.75. The maximum atomic E-state index is 13.1. The molecule has 0 amide bonds. The summed E-state index contributed by atoms with van der Waals surface area (Å²) in [4.78, 5) is 2.35. The van der Waals surface area contributed by atoms with Crippen LogP contribution in [0.25, 0.3) is 0 Å². The molecule has 3 aliphatic rings. The van der Waals surface area contributed by atoms with Gasteiger partial charge in [0.05, 0.1) is 12.3 Å². The number of hydrogen-bond acceptors (Lipinski definition) is 4. The fourth-order valence-corrected chi connectivity index (χ4v) is 5.82. The molecule has 0 saturated carbocycles. The van der Waals surface area contributed by atoms with Gasteiger partial charge in [-0.15, -0.1) is 0 Å². The van der Waals surface area contributed by atoms with Gasteiger partial charge in [0.25, 0.3) is 10.2 Å². The van der Waals surface area contributed by atoms with Crippen molar-refractivity contribution < 1.29 is 12.8 Å². The predicted octanol–water partition coefficient (Wildman–Crippen LogP) is 1.61. The van der Waals surface area contributed by atoms with Gasteiger partial charge in [-0.2, -0.15) is 17.0 Å². The molecule has 23 heavy (non-hydrogen) atoms. The van der Waals surface area contributed by atoms with E-state index in [1.807, 2.05) is 12.1 Å². The molecule has 7 heteroatoms. The maximum Gasteiger partial charge on any atom is 0.282 e. The first-order valence-electron chi connectivity index (χ1n) is 8.35. The van der Waals surface area contributed by atoms with Crippen LogP contribution in [0.4, 0.5) is 0 Å². The number of furan rings is 1. The smallest absolute Gasteiger partial charge is 0.282 e. The van der Waals surface area contributed by atoms with Crippen LogP contribution in [0.3, 0.4) is 0 Å². The van der Waals surface area contributed by atoms with E-state index in [-0.39, 0.29) is 6.04 Å². The fraction of sp³-hybridized carbons (Fsp3) is 0.625. The van der Waals surface area contributed by atoms with E-state index in [9.17, 15) is 8.42 Å². The Morgan fingerprint density at radius 1 is 1.13 bits per heavy atom. The second kappa shape index (κ2) is 6.05. The lowest BCUT2D eigenvalue weighted by atomic mass is 10.2. The zero-order valence-corrected chi connectivity index (χ0v) is 14.0. The molecule has 4 rings (SSSR count). The summed E-state index contributed by atoms with van der Waals surface area (Å²) in [6, 6.07) is 3.89. The Kier molecular flexibility index (Phi) is 4.05. The highest BCUT2D eigenvalue weighted by molar-refractivity contribution is 7.86. The SMILES string of the molecule is O=S(=O)(N1CC[C@H](N2CC=CC2)C1)N1CCC[C@H]1c1ccco1. The van der Waals surface area contributed by atoms with E-state index >= 15 is 0 Å². The molecule has 1 aromatic heterocycles. The Hall–Kier alpha value is -1.15. The third kappa shape index (κ3) is 2.76. The lowest BCUT2D eigenvalue weighted by Gasteiger charge is -2.28. The highest BCUT2D eigenvalue weighted by Gasteiger charge is 2.43. The van der Waals surface area contributed by atoms with Gasteiger partial charge in [0.1, 0.15) is 5.76 Å². The van der Waals surface area contributed by atoms with E-state index < -0.39 is 10.2 Å². The minimum atomic E-state index is -3.42. The average Bonchev–Trinajstić information content (AvgIpc) is 3.36. The standard InChI is InChI=1S/C16H23N3O3S/c20-23(21,18-11-7-14(13-18)17-8-1-2-9-17)19-10-3-5-15(19)16-6-4-12-22-16/h1-2,4,6,12,14-15H,3,5,7-11,13H2/t14-,15-/m0/s1. The largest absolute Gasteiger partial charge is 0.468 e. The quantitative estimate of drug-likeness (QED) is 0.783. The van der Waals surface area contributed by atoms with Crippen molar-refractivity contribution in [3.05, 3.63) is 36.3 Å². The lowest BCUT2D eigenvalue weighted by molar-refractivity contribution is 0.256. The number of rotatable bonds is 4. The van der Waals surface area contributed by atoms with Gasteiger partial charge >= 0.3 is 0 Å². The zero-order valence-electron chi connectivity index (χ0n) is 13.2. The summed E-state index contributed by atoms with van der Waals surface area (Å²) in [6.07, 6.45) is 8.57. The molecule has 0 N–H and O–H groups in total. The van der Waals surface area contributed by atoms with Crippen LogP contribution in [0.5, 0.6) is 0 Å². The van der Waals surface area contributed by atoms with Crippen molar-refractivity contribution in [2.75, 3.05) is 32.7 Å². The Bertz CT molecular complexity index is 663. The van der Waals surface area contributed by atoms with Crippen LogP contribution in [0.15, 0.2) is 35.0 Å². The molecule has 0 aromatic carbocycles. The van der Waals surface area contributed by atoms with Gasteiger partial charge in [0.15, 0.2) is 0 Å². The second-order valence-electron chi connectivity index (χ2n) is 6.52. The molecule has 0 aliphatic carbocycles. The van der Waals surface area contributed by atoms with Gasteiger partial charge in [0, 0.05) is 38.8 Å². The molecular formula is C16H23N3O3S. The van der Waals surface area contributed by atoms with Crippen molar-refractivity contribution >= 4 is 10.2 Å². The first kappa shape index (κ1) is 15.4. The van der Waals surface area contributed by atoms with Crippen molar-refractivity contribution in [1.82, 2.24) is 13.5 Å². The average molecular weight is 337 g/mol. The van der Waals surface area contributed by atoms with Gasteiger partial charge in [-0.05, 0) is 31.4 Å². The molecule has 0 spiro atoms. The highest BCUT2D eigenvalue weighted by atomic mass is 32.2. The minimum Gasteiger partial charge on any atom is -0.468 e. The van der Waals surface area contributed by atoms with Gasteiger partial charge in [-0.3, -0.25) is 4.90 Å². The van der Waals surface area contributed by atoms with Gasteiger partial charge in [0.2, 0.25) is 0 Å². The zero-order chi connectivity index (χ0) is 15.9. The molecule has 2 fully saturated rings. The van der Waals surface area contributed by atoms with Gasteiger partial charge in [-0.1, -0.05) is 12.2 Å². The van der Waals surface area contributed by atoms with E-state index in [2.05, 4.69) is 17.1 Å². The van der Waals surface area contributed by atoms with E-state index in [0.717, 1.165) is 38.1 Å². The van der Waals surface area contributed by atoms with Crippen LogP contribution in [0, 0.1) is 0 Å². The van der Waals surface area contributed by atoms with E-state index in [4.69, 9.17) is 4.42 Å². The van der Waals surface area contributed by atoms with Crippen molar-refractivity contribution in [1.29, 1.82) is 0 Å². The molecule has 3 aliphatic heterocycles. The van der Waals surface area contributed by atoms with Crippen LogP contribution >= 0.6 is 0 Å². The molecule has 2 saturated heterocycles. The lowest BCUT2D eigenvalue weighted by Crippen LogP contribution is -2.44. The molecule has 0 radical (unpaired) electrons. The van der Waals surface area contributed by atoms with Crippen LogP contribution in [-0.2, 0) is 10.2 Å². The summed E-state index contributed by atoms with van der Waals surface area (Å²) >= 11 is 0. The molecule has 2 atom stereocenters. The summed E-state index contributed by atoms with van der Waals surface area (Å²) in [6.45, 7) is 3.69. The Morgan fingerprint density at radius 3 is 2.70 bits per heavy atom. The van der Waals surface area contributed by atoms with Crippen LogP contribution in [-0.4, -0.2) is 60.7 Å². The molecule has 0 bridgehead atoms. The predicted molar refractivity (Wildman–Crippen MR) is 87.0 cm³/mol. The topological polar surface area (TPSA) is 57.0 Å². The van der Waals surface area contributed by atoms with Crippen molar-refractivity contribution in [3.63, 3.8) is 0 Å². The molecule has 4 heterocycles. The van der Waals surface area contributed by atoms with Crippen LogP contribution in [0.2, 0.25) is 0 Å². The third-order valence-electron chi connectivity index (χ3n) is 5.19.